The van der Waals surface area contributed by atoms with E-state index in [0.717, 1.165) is 17.6 Å². The van der Waals surface area contributed by atoms with Crippen molar-refractivity contribution in [3.8, 4) is 0 Å². The molecule has 1 saturated carbocycles. The highest BCUT2D eigenvalue weighted by Gasteiger charge is 2.36. The minimum Gasteiger partial charge on any atom is -0.349 e. The van der Waals surface area contributed by atoms with Gasteiger partial charge < -0.3 is 5.32 Å². The van der Waals surface area contributed by atoms with E-state index in [1.807, 2.05) is 12.2 Å². The molecule has 0 aromatic carbocycles. The van der Waals surface area contributed by atoms with E-state index in [1.54, 1.807) is 0 Å². The first-order valence-electron chi connectivity index (χ1n) is 6.92. The monoisotopic (exact) mass is 289 g/mol. The maximum Gasteiger partial charge on any atom is 0.252 e. The molecule has 0 spiro atoms. The molecule has 0 radical (unpaired) electrons. The smallest absolute Gasteiger partial charge is 0.252 e. The standard InChI is InChI=1S/C15H15NO3S/c17-15(16-10-3-5-20(18,19)6-4-10)12-2-1-11-13-7-9(13)8-14(11)12/h1-2,8,10H,3-7H2,(H,16,17). The molecule has 5 heteroatoms. The van der Waals surface area contributed by atoms with Gasteiger partial charge in [0, 0.05) is 11.6 Å². The quantitative estimate of drug-likeness (QED) is 0.830. The molecule has 104 valence electrons. The van der Waals surface area contributed by atoms with Gasteiger partial charge in [0.1, 0.15) is 9.84 Å². The molecule has 4 nitrogen and oxygen atoms in total. The van der Waals surface area contributed by atoms with Crippen LogP contribution in [0, 0.1) is 0 Å². The molecule has 3 aliphatic carbocycles. The van der Waals surface area contributed by atoms with E-state index in [0.29, 0.717) is 12.8 Å². The van der Waals surface area contributed by atoms with Crippen LogP contribution < -0.4 is 5.32 Å². The highest BCUT2D eigenvalue weighted by Crippen LogP contribution is 2.51. The van der Waals surface area contributed by atoms with Gasteiger partial charge in [-0.3, -0.25) is 4.79 Å². The summed E-state index contributed by atoms with van der Waals surface area (Å²) in [5.41, 5.74) is 5.70. The van der Waals surface area contributed by atoms with Gasteiger partial charge in [-0.2, -0.15) is 0 Å². The summed E-state index contributed by atoms with van der Waals surface area (Å²) in [6.45, 7) is 0. The van der Waals surface area contributed by atoms with Gasteiger partial charge in [-0.05, 0) is 53.7 Å². The van der Waals surface area contributed by atoms with Crippen LogP contribution in [-0.2, 0) is 14.6 Å². The van der Waals surface area contributed by atoms with E-state index in [-0.39, 0.29) is 23.5 Å². The molecule has 1 aliphatic heterocycles. The zero-order valence-corrected chi connectivity index (χ0v) is 11.8. The molecular formula is C15H15NO3S. The van der Waals surface area contributed by atoms with Gasteiger partial charge in [0.15, 0.2) is 0 Å². The molecule has 1 amide bonds. The lowest BCUT2D eigenvalue weighted by atomic mass is 10.1. The Kier molecular flexibility index (Phi) is 2.40. The third kappa shape index (κ3) is 1.88. The molecule has 0 aromatic heterocycles. The Balaban J connectivity index is 1.48. The molecule has 2 fully saturated rings. The largest absolute Gasteiger partial charge is 0.349 e. The Morgan fingerprint density at radius 1 is 1.15 bits per heavy atom. The fraction of sp³-hybridized carbons (Fsp3) is 0.400. The zero-order chi connectivity index (χ0) is 13.9. The Morgan fingerprint density at radius 3 is 2.65 bits per heavy atom. The van der Waals surface area contributed by atoms with Gasteiger partial charge in [0.25, 0.3) is 5.91 Å². The van der Waals surface area contributed by atoms with Crippen LogP contribution in [-0.4, -0.2) is 31.9 Å². The number of hydrogen-bond donors (Lipinski definition) is 1. The van der Waals surface area contributed by atoms with Crippen molar-refractivity contribution in [1.82, 2.24) is 5.32 Å². The number of sulfone groups is 1. The van der Waals surface area contributed by atoms with Gasteiger partial charge in [-0.15, -0.1) is 0 Å². The highest BCUT2D eigenvalue weighted by molar-refractivity contribution is 7.91. The summed E-state index contributed by atoms with van der Waals surface area (Å²) in [6, 6.07) is -0.0205. The summed E-state index contributed by atoms with van der Waals surface area (Å²) in [5.74, 6) is 0.284. The second-order valence-electron chi connectivity index (χ2n) is 5.80. The maximum atomic E-state index is 12.3. The molecule has 1 heterocycles. The van der Waals surface area contributed by atoms with Crippen LogP contribution in [0.15, 0.2) is 46.1 Å². The lowest BCUT2D eigenvalue weighted by molar-refractivity contribution is -0.117. The first-order chi connectivity index (χ1) is 9.53. The van der Waals surface area contributed by atoms with E-state index in [1.165, 1.54) is 16.7 Å². The van der Waals surface area contributed by atoms with E-state index >= 15 is 0 Å². The van der Waals surface area contributed by atoms with Crippen molar-refractivity contribution in [2.75, 3.05) is 11.5 Å². The number of rotatable bonds is 2. The lowest BCUT2D eigenvalue weighted by Crippen LogP contribution is -2.41. The lowest BCUT2D eigenvalue weighted by Gasteiger charge is -2.23. The first-order valence-corrected chi connectivity index (χ1v) is 8.74. The van der Waals surface area contributed by atoms with E-state index in [2.05, 4.69) is 11.4 Å². The second-order valence-corrected chi connectivity index (χ2v) is 8.10. The third-order valence-electron chi connectivity index (χ3n) is 4.41. The Bertz CT molecular complexity index is 736. The molecule has 20 heavy (non-hydrogen) atoms. The van der Waals surface area contributed by atoms with Gasteiger partial charge in [0.2, 0.25) is 0 Å². The fourth-order valence-corrected chi connectivity index (χ4v) is 4.62. The third-order valence-corrected chi connectivity index (χ3v) is 6.12. The number of carbonyl (C=O) groups excluding carboxylic acids is 1. The van der Waals surface area contributed by atoms with Crippen LogP contribution >= 0.6 is 0 Å². The van der Waals surface area contributed by atoms with E-state index in [9.17, 15) is 13.2 Å². The SMILES string of the molecule is O=C(NC1CCS(=O)(=O)CC1)C1=C2C=C3CC3=C2C=C1. The van der Waals surface area contributed by atoms with Gasteiger partial charge in [-0.1, -0.05) is 6.08 Å². The number of hydrogen-bond acceptors (Lipinski definition) is 3. The van der Waals surface area contributed by atoms with Crippen molar-refractivity contribution < 1.29 is 13.2 Å². The Labute approximate surface area is 117 Å². The van der Waals surface area contributed by atoms with Crippen molar-refractivity contribution in [2.45, 2.75) is 25.3 Å². The van der Waals surface area contributed by atoms with Crippen molar-refractivity contribution >= 4 is 15.7 Å². The fourth-order valence-electron chi connectivity index (χ4n) is 3.13. The summed E-state index contributed by atoms with van der Waals surface area (Å²) in [5, 5.41) is 2.98. The predicted molar refractivity (Wildman–Crippen MR) is 75.7 cm³/mol. The molecule has 1 saturated heterocycles. The van der Waals surface area contributed by atoms with Gasteiger partial charge in [0.05, 0.1) is 11.5 Å². The summed E-state index contributed by atoms with van der Waals surface area (Å²) < 4.78 is 22.8. The molecule has 4 rings (SSSR count). The van der Waals surface area contributed by atoms with Crippen LogP contribution in [0.25, 0.3) is 0 Å². The van der Waals surface area contributed by atoms with Crippen LogP contribution in [0.3, 0.4) is 0 Å². The van der Waals surface area contributed by atoms with Crippen molar-refractivity contribution in [1.29, 1.82) is 0 Å². The Hall–Kier alpha value is -1.62. The number of allylic oxidation sites excluding steroid dienone is 6. The average molecular weight is 289 g/mol. The second kappa shape index (κ2) is 3.95. The summed E-state index contributed by atoms with van der Waals surface area (Å²) in [6.07, 6.45) is 8.11. The molecular weight excluding hydrogens is 274 g/mol. The first kappa shape index (κ1) is 12.1. The highest BCUT2D eigenvalue weighted by atomic mass is 32.2. The molecule has 4 aliphatic rings. The number of nitrogens with one attached hydrogen (secondary N) is 1. The van der Waals surface area contributed by atoms with Crippen molar-refractivity contribution in [3.63, 3.8) is 0 Å². The number of fused-ring (bicyclic) bond motifs is 2. The summed E-state index contributed by atoms with van der Waals surface area (Å²) in [7, 11) is -2.88. The summed E-state index contributed by atoms with van der Waals surface area (Å²) >= 11 is 0. The molecule has 1 N–H and O–H groups in total. The van der Waals surface area contributed by atoms with Gasteiger partial charge >= 0.3 is 0 Å². The number of amides is 1. The number of carbonyl (C=O) groups is 1. The molecule has 0 unspecified atom stereocenters. The van der Waals surface area contributed by atoms with Crippen LogP contribution in [0.4, 0.5) is 0 Å². The predicted octanol–water partition coefficient (Wildman–Crippen LogP) is 1.19. The van der Waals surface area contributed by atoms with Crippen LogP contribution in [0.5, 0.6) is 0 Å². The summed E-state index contributed by atoms with van der Waals surface area (Å²) in [4.78, 5) is 12.3. The van der Waals surface area contributed by atoms with Crippen molar-refractivity contribution in [2.24, 2.45) is 0 Å². The Morgan fingerprint density at radius 2 is 1.90 bits per heavy atom. The molecule has 0 atom stereocenters. The average Bonchev–Trinajstić information content (AvgIpc) is 2.88. The van der Waals surface area contributed by atoms with E-state index in [4.69, 9.17) is 0 Å². The van der Waals surface area contributed by atoms with Crippen molar-refractivity contribution in [3.05, 3.63) is 46.1 Å². The molecule has 0 bridgehead atoms. The maximum absolute atomic E-state index is 12.3. The van der Waals surface area contributed by atoms with Crippen LogP contribution in [0.2, 0.25) is 0 Å². The minimum atomic E-state index is -2.88. The van der Waals surface area contributed by atoms with Gasteiger partial charge in [-0.25, -0.2) is 8.42 Å². The van der Waals surface area contributed by atoms with E-state index < -0.39 is 9.84 Å². The minimum absolute atomic E-state index is 0.0205. The molecule has 0 aromatic rings. The van der Waals surface area contributed by atoms with Crippen LogP contribution in [0.1, 0.15) is 19.3 Å². The zero-order valence-electron chi connectivity index (χ0n) is 11.0. The topological polar surface area (TPSA) is 63.2 Å². The normalized spacial score (nSPS) is 26.5.